The number of fused-ring (bicyclic) bond motifs is 4. The molecule has 10 nitrogen and oxygen atoms in total. The summed E-state index contributed by atoms with van der Waals surface area (Å²) in [5.74, 6) is -0.415. The van der Waals surface area contributed by atoms with Gasteiger partial charge in [-0.25, -0.2) is 0 Å². The van der Waals surface area contributed by atoms with Crippen LogP contribution in [-0.4, -0.2) is 99.7 Å². The van der Waals surface area contributed by atoms with Crippen molar-refractivity contribution >= 4 is 12.2 Å². The number of nitrogens with one attached hydrogen (secondary N) is 3. The van der Waals surface area contributed by atoms with Crippen LogP contribution in [-0.2, 0) is 17.6 Å². The first-order valence-electron chi connectivity index (χ1n) is 17.9. The SMILES string of the molecule is C[C@@H]1N[C@H](CC[C@H]2CCCCCC[C@@](O)(CC(=O)O)CN[C@@]3(C)C[C@H](Cc4cccc(c4)C2)N[C@H](N)C3)[C@@H](N2CC=NC2)C[C@H]1O. The van der Waals surface area contributed by atoms with Gasteiger partial charge >= 0.3 is 5.97 Å². The molecule has 4 heterocycles. The third-order valence-corrected chi connectivity index (χ3v) is 11.2. The quantitative estimate of drug-likeness (QED) is 0.249. The van der Waals surface area contributed by atoms with E-state index in [1.54, 1.807) is 0 Å². The van der Waals surface area contributed by atoms with Gasteiger partial charge in [0.2, 0.25) is 0 Å². The first-order valence-corrected chi connectivity index (χ1v) is 17.9. The normalized spacial score (nSPS) is 38.6. The minimum atomic E-state index is -1.28. The maximum atomic E-state index is 11.7. The highest BCUT2D eigenvalue weighted by molar-refractivity contribution is 5.68. The Balaban J connectivity index is 1.31. The Morgan fingerprint density at radius 2 is 1.89 bits per heavy atom. The first kappa shape index (κ1) is 35.4. The van der Waals surface area contributed by atoms with Crippen molar-refractivity contribution in [3.8, 4) is 0 Å². The number of β-amino-alcohol motifs (C(OH)–C–C–N with tert-alkyl or cyclic N) is 1. The van der Waals surface area contributed by atoms with Crippen LogP contribution in [0.2, 0.25) is 0 Å². The number of aliphatic hydroxyl groups is 2. The molecule has 0 radical (unpaired) electrons. The molecule has 4 aliphatic rings. The second-order valence-electron chi connectivity index (χ2n) is 15.4. The van der Waals surface area contributed by atoms with Gasteiger partial charge in [0.05, 0.1) is 31.0 Å². The molecule has 0 unspecified atom stereocenters. The van der Waals surface area contributed by atoms with Crippen LogP contribution in [0.4, 0.5) is 0 Å². The van der Waals surface area contributed by atoms with Gasteiger partial charge in [-0.2, -0.15) is 0 Å². The smallest absolute Gasteiger partial charge is 0.306 e. The number of aliphatic hydroxyl groups excluding tert-OH is 1. The lowest BCUT2D eigenvalue weighted by Gasteiger charge is -2.44. The van der Waals surface area contributed by atoms with Gasteiger partial charge in [0, 0.05) is 49.0 Å². The molecule has 5 rings (SSSR count). The summed E-state index contributed by atoms with van der Waals surface area (Å²) in [6.45, 7) is 6.09. The zero-order valence-corrected chi connectivity index (χ0v) is 28.2. The van der Waals surface area contributed by atoms with Crippen LogP contribution in [0.25, 0.3) is 0 Å². The largest absolute Gasteiger partial charge is 0.481 e. The van der Waals surface area contributed by atoms with Crippen LogP contribution < -0.4 is 21.7 Å². The van der Waals surface area contributed by atoms with Crippen LogP contribution in [0.1, 0.15) is 102 Å². The van der Waals surface area contributed by atoms with Crippen LogP contribution in [0, 0.1) is 5.92 Å². The lowest BCUT2D eigenvalue weighted by molar-refractivity contribution is -0.143. The van der Waals surface area contributed by atoms with E-state index in [4.69, 9.17) is 5.73 Å². The highest BCUT2D eigenvalue weighted by atomic mass is 16.4. The molecule has 4 bridgehead atoms. The highest BCUT2D eigenvalue weighted by Gasteiger charge is 2.39. The summed E-state index contributed by atoms with van der Waals surface area (Å²) < 4.78 is 0. The number of aliphatic imine (C=N–C) groups is 1. The Morgan fingerprint density at radius 3 is 2.65 bits per heavy atom. The zero-order chi connectivity index (χ0) is 32.7. The topological polar surface area (TPSA) is 155 Å². The Kier molecular flexibility index (Phi) is 12.3. The molecule has 46 heavy (non-hydrogen) atoms. The monoisotopic (exact) mass is 640 g/mol. The molecule has 2 fully saturated rings. The first-order chi connectivity index (χ1) is 22.0. The number of carboxylic acid groups (broad SMARTS) is 1. The third-order valence-electron chi connectivity index (χ3n) is 11.2. The number of hydrogen-bond donors (Lipinski definition) is 7. The van der Waals surface area contributed by atoms with Gasteiger partial charge in [-0.3, -0.25) is 20.0 Å². The van der Waals surface area contributed by atoms with Crippen molar-refractivity contribution in [2.45, 2.75) is 151 Å². The van der Waals surface area contributed by atoms with Gasteiger partial charge in [-0.15, -0.1) is 0 Å². The number of benzene rings is 1. The number of carboxylic acids is 1. The van der Waals surface area contributed by atoms with Crippen molar-refractivity contribution in [1.29, 1.82) is 0 Å². The van der Waals surface area contributed by atoms with Gasteiger partial charge in [0.25, 0.3) is 0 Å². The van der Waals surface area contributed by atoms with Crippen molar-refractivity contribution in [3.05, 3.63) is 35.4 Å². The van der Waals surface area contributed by atoms with Crippen molar-refractivity contribution in [1.82, 2.24) is 20.9 Å². The van der Waals surface area contributed by atoms with E-state index in [1.165, 1.54) is 11.1 Å². The van der Waals surface area contributed by atoms with Crippen molar-refractivity contribution in [2.75, 3.05) is 19.8 Å². The fourth-order valence-corrected chi connectivity index (χ4v) is 8.69. The van der Waals surface area contributed by atoms with Crippen molar-refractivity contribution < 1.29 is 20.1 Å². The van der Waals surface area contributed by atoms with Crippen molar-refractivity contribution in [2.24, 2.45) is 16.6 Å². The van der Waals surface area contributed by atoms with E-state index in [2.05, 4.69) is 64.0 Å². The van der Waals surface area contributed by atoms with E-state index in [1.807, 2.05) is 6.21 Å². The van der Waals surface area contributed by atoms with E-state index < -0.39 is 11.6 Å². The predicted octanol–water partition coefficient (Wildman–Crippen LogP) is 2.94. The van der Waals surface area contributed by atoms with Crippen LogP contribution in [0.15, 0.2) is 29.3 Å². The maximum absolute atomic E-state index is 11.7. The molecule has 0 spiro atoms. The lowest BCUT2D eigenvalue weighted by Crippen LogP contribution is -2.63. The molecule has 0 aliphatic carbocycles. The van der Waals surface area contributed by atoms with E-state index in [0.717, 1.165) is 83.8 Å². The number of nitrogens with two attached hydrogens (primary N) is 1. The molecular weight excluding hydrogens is 580 g/mol. The summed E-state index contributed by atoms with van der Waals surface area (Å²) in [5, 5.41) is 42.7. The number of hydrogen-bond acceptors (Lipinski definition) is 9. The zero-order valence-electron chi connectivity index (χ0n) is 28.2. The number of aliphatic carboxylic acids is 1. The molecule has 1 aromatic rings. The van der Waals surface area contributed by atoms with E-state index >= 15 is 0 Å². The van der Waals surface area contributed by atoms with Crippen LogP contribution in [0.3, 0.4) is 0 Å². The molecular formula is C36H60N6O4. The summed E-state index contributed by atoms with van der Waals surface area (Å²) in [4.78, 5) is 18.6. The molecule has 0 saturated carbocycles. The Hall–Kier alpha value is -1.92. The average molecular weight is 641 g/mol. The van der Waals surface area contributed by atoms with Gasteiger partial charge in [0.15, 0.2) is 0 Å². The molecule has 9 atom stereocenters. The fourth-order valence-electron chi connectivity index (χ4n) is 8.69. The summed E-state index contributed by atoms with van der Waals surface area (Å²) in [6, 6.07) is 9.97. The average Bonchev–Trinajstić information content (AvgIpc) is 3.52. The summed E-state index contributed by atoms with van der Waals surface area (Å²) >= 11 is 0. The van der Waals surface area contributed by atoms with Crippen LogP contribution >= 0.6 is 0 Å². The second-order valence-corrected chi connectivity index (χ2v) is 15.4. The summed E-state index contributed by atoms with van der Waals surface area (Å²) in [5.41, 5.74) is 7.62. The predicted molar refractivity (Wildman–Crippen MR) is 183 cm³/mol. The Labute approximate surface area is 276 Å². The fraction of sp³-hybridized carbons (Fsp3) is 0.778. The maximum Gasteiger partial charge on any atom is 0.306 e. The molecule has 0 amide bonds. The molecule has 2 saturated heterocycles. The number of piperidine rings is 2. The Bertz CT molecular complexity index is 1160. The molecule has 0 aromatic heterocycles. The van der Waals surface area contributed by atoms with Gasteiger partial charge in [-0.1, -0.05) is 56.4 Å². The third kappa shape index (κ3) is 10.0. The highest BCUT2D eigenvalue weighted by Crippen LogP contribution is 2.31. The van der Waals surface area contributed by atoms with Crippen LogP contribution in [0.5, 0.6) is 0 Å². The summed E-state index contributed by atoms with van der Waals surface area (Å²) in [6.07, 6.45) is 13.3. The number of rotatable bonds is 6. The minimum absolute atomic E-state index is 0.0880. The number of nitrogens with zero attached hydrogens (tertiary/aromatic N) is 2. The number of carbonyl (C=O) groups is 1. The van der Waals surface area contributed by atoms with E-state index in [9.17, 15) is 20.1 Å². The second kappa shape index (κ2) is 16.0. The van der Waals surface area contributed by atoms with Gasteiger partial charge in [-0.05, 0) is 82.3 Å². The molecule has 1 aromatic carbocycles. The standard InChI is InChI=1S/C36H60N6O4/c1-25-32(43)19-31(42-15-14-38-24-42)30(40-25)12-11-26-8-5-3-4-6-13-36(46,22-34(44)45)23-39-35(2)20-29(41-33(37)21-35)18-28-10-7-9-27(16-26)17-28/h7,9-10,14,17,25-26,29-33,39-41,43,46H,3-6,8,11-13,15-16,18-24,37H2,1-2H3,(H,44,45)/t25-,26+,29-,30+,31-,32+,33-,35-,36+/m0/s1. The van der Waals surface area contributed by atoms with E-state index in [0.29, 0.717) is 24.8 Å². The van der Waals surface area contributed by atoms with Crippen molar-refractivity contribution in [3.63, 3.8) is 0 Å². The lowest BCUT2D eigenvalue weighted by atomic mass is 9.80. The van der Waals surface area contributed by atoms with Gasteiger partial charge < -0.3 is 31.7 Å². The molecule has 4 aliphatic heterocycles. The minimum Gasteiger partial charge on any atom is -0.481 e. The Morgan fingerprint density at radius 1 is 1.11 bits per heavy atom. The summed E-state index contributed by atoms with van der Waals surface area (Å²) in [7, 11) is 0. The van der Waals surface area contributed by atoms with Gasteiger partial charge in [0.1, 0.15) is 0 Å². The van der Waals surface area contributed by atoms with E-state index in [-0.39, 0.29) is 48.9 Å². The molecule has 8 N–H and O–H groups in total. The molecule has 258 valence electrons. The molecule has 10 heteroatoms.